The number of carboxylic acid groups (broad SMARTS) is 1. The molecule has 2 aliphatic rings. The van der Waals surface area contributed by atoms with E-state index in [-0.39, 0.29) is 11.1 Å². The number of hydrogen-bond donors (Lipinski definition) is 1. The topological polar surface area (TPSA) is 59.0 Å². The molecule has 0 aromatic heterocycles. The van der Waals surface area contributed by atoms with Crippen LogP contribution < -0.4 is 0 Å². The molecule has 0 spiro atoms. The number of hydrogen-bond acceptors (Lipinski definition) is 4. The summed E-state index contributed by atoms with van der Waals surface area (Å²) in [5.74, 6) is -1.09. The molecule has 0 aliphatic carbocycles. The molecule has 5 nitrogen and oxygen atoms in total. The van der Waals surface area contributed by atoms with Gasteiger partial charge in [-0.15, -0.1) is 0 Å². The number of benzene rings is 1. The summed E-state index contributed by atoms with van der Waals surface area (Å²) in [4.78, 5) is 13.7. The highest BCUT2D eigenvalue weighted by Gasteiger charge is 2.36. The summed E-state index contributed by atoms with van der Waals surface area (Å²) in [7, 11) is 0. The second-order valence-electron chi connectivity index (χ2n) is 6.26. The molecular weight excluding hydrogens is 337 g/mol. The molecule has 1 aromatic carbocycles. The van der Waals surface area contributed by atoms with Crippen LogP contribution >= 0.6 is 11.6 Å². The van der Waals surface area contributed by atoms with Crippen LogP contribution in [0.1, 0.15) is 24.4 Å². The van der Waals surface area contributed by atoms with Gasteiger partial charge in [-0.2, -0.15) is 0 Å². The molecule has 7 heteroatoms. The van der Waals surface area contributed by atoms with Crippen molar-refractivity contribution < 1.29 is 23.8 Å². The first-order valence-electron chi connectivity index (χ1n) is 8.17. The standard InChI is InChI=1S/C17H21ClFNO4/c18-14-9-12(19)1-2-13(14)16(17(21)22)20-5-8-24-15(10-20)11-3-6-23-7-4-11/h1-2,9,11,15-16H,3-8,10H2,(H,21,22). The van der Waals surface area contributed by atoms with Gasteiger partial charge >= 0.3 is 5.97 Å². The van der Waals surface area contributed by atoms with Gasteiger partial charge < -0.3 is 14.6 Å². The highest BCUT2D eigenvalue weighted by molar-refractivity contribution is 6.31. The second-order valence-corrected chi connectivity index (χ2v) is 6.67. The van der Waals surface area contributed by atoms with Crippen molar-refractivity contribution in [1.29, 1.82) is 0 Å². The zero-order valence-electron chi connectivity index (χ0n) is 13.3. The first-order chi connectivity index (χ1) is 11.6. The molecule has 2 atom stereocenters. The van der Waals surface area contributed by atoms with Gasteiger partial charge in [0.1, 0.15) is 11.9 Å². The third-order valence-corrected chi connectivity index (χ3v) is 5.10. The van der Waals surface area contributed by atoms with Gasteiger partial charge in [0.2, 0.25) is 0 Å². The van der Waals surface area contributed by atoms with Gasteiger partial charge in [-0.3, -0.25) is 9.69 Å². The minimum atomic E-state index is -0.990. The Morgan fingerprint density at radius 3 is 2.75 bits per heavy atom. The minimum Gasteiger partial charge on any atom is -0.480 e. The van der Waals surface area contributed by atoms with Gasteiger partial charge in [0.15, 0.2) is 0 Å². The van der Waals surface area contributed by atoms with Gasteiger partial charge in [-0.25, -0.2) is 4.39 Å². The summed E-state index contributed by atoms with van der Waals surface area (Å²) < 4.78 is 24.5. The first kappa shape index (κ1) is 17.6. The van der Waals surface area contributed by atoms with E-state index < -0.39 is 17.8 Å². The Morgan fingerprint density at radius 1 is 1.33 bits per heavy atom. The molecule has 2 fully saturated rings. The number of carboxylic acids is 1. The van der Waals surface area contributed by atoms with Crippen LogP contribution in [-0.4, -0.2) is 55.0 Å². The van der Waals surface area contributed by atoms with Crippen molar-refractivity contribution in [1.82, 2.24) is 4.90 Å². The van der Waals surface area contributed by atoms with E-state index in [4.69, 9.17) is 21.1 Å². The number of morpholine rings is 1. The zero-order chi connectivity index (χ0) is 17.1. The van der Waals surface area contributed by atoms with Crippen molar-refractivity contribution in [3.05, 3.63) is 34.6 Å². The second kappa shape index (κ2) is 7.78. The monoisotopic (exact) mass is 357 g/mol. The summed E-state index contributed by atoms with van der Waals surface area (Å²) >= 11 is 6.09. The molecular formula is C17H21ClFNO4. The lowest BCUT2D eigenvalue weighted by Gasteiger charge is -2.40. The lowest BCUT2D eigenvalue weighted by Crippen LogP contribution is -2.49. The van der Waals surface area contributed by atoms with Crippen molar-refractivity contribution in [3.63, 3.8) is 0 Å². The summed E-state index contributed by atoms with van der Waals surface area (Å²) in [5.41, 5.74) is 0.415. The highest BCUT2D eigenvalue weighted by Crippen LogP contribution is 2.32. The average molecular weight is 358 g/mol. The van der Waals surface area contributed by atoms with Crippen molar-refractivity contribution in [2.24, 2.45) is 5.92 Å². The van der Waals surface area contributed by atoms with E-state index in [0.29, 0.717) is 31.2 Å². The van der Waals surface area contributed by atoms with Crippen LogP contribution in [0.3, 0.4) is 0 Å². The van der Waals surface area contributed by atoms with E-state index in [1.165, 1.54) is 12.1 Å². The Bertz CT molecular complexity index is 594. The SMILES string of the molecule is O=C(O)C(c1ccc(F)cc1Cl)N1CCOC(C2CCOCC2)C1. The Kier molecular flexibility index (Phi) is 5.71. The van der Waals surface area contributed by atoms with Crippen LogP contribution in [0.2, 0.25) is 5.02 Å². The molecule has 0 radical (unpaired) electrons. The van der Waals surface area contributed by atoms with Gasteiger partial charge in [0.25, 0.3) is 0 Å². The third-order valence-electron chi connectivity index (χ3n) is 4.77. The molecule has 132 valence electrons. The number of carbonyl (C=O) groups is 1. The Hall–Kier alpha value is -1.21. The Morgan fingerprint density at radius 2 is 2.08 bits per heavy atom. The summed E-state index contributed by atoms with van der Waals surface area (Å²) in [6.07, 6.45) is 1.84. The van der Waals surface area contributed by atoms with E-state index in [9.17, 15) is 14.3 Å². The smallest absolute Gasteiger partial charge is 0.325 e. The number of aliphatic carboxylic acids is 1. The van der Waals surface area contributed by atoms with E-state index in [0.717, 1.165) is 32.1 Å². The van der Waals surface area contributed by atoms with E-state index in [1.54, 1.807) is 0 Å². The number of halogens is 2. The maximum atomic E-state index is 13.3. The Balaban J connectivity index is 1.79. The Labute approximate surface area is 145 Å². The predicted molar refractivity (Wildman–Crippen MR) is 86.6 cm³/mol. The van der Waals surface area contributed by atoms with Crippen molar-refractivity contribution in [2.75, 3.05) is 32.9 Å². The molecule has 0 amide bonds. The number of rotatable bonds is 4. The molecule has 2 aliphatic heterocycles. The van der Waals surface area contributed by atoms with E-state index in [1.807, 2.05) is 4.90 Å². The normalized spacial score (nSPS) is 24.7. The molecule has 1 N–H and O–H groups in total. The van der Waals surface area contributed by atoms with Crippen molar-refractivity contribution >= 4 is 17.6 Å². The molecule has 1 aromatic rings. The fourth-order valence-electron chi connectivity index (χ4n) is 3.51. The number of ether oxygens (including phenoxy) is 2. The van der Waals surface area contributed by atoms with Gasteiger partial charge in [-0.05, 0) is 36.5 Å². The predicted octanol–water partition coefficient (Wildman–Crippen LogP) is 2.73. The van der Waals surface area contributed by atoms with E-state index in [2.05, 4.69) is 0 Å². The molecule has 0 saturated carbocycles. The van der Waals surface area contributed by atoms with Gasteiger partial charge in [-0.1, -0.05) is 17.7 Å². The van der Waals surface area contributed by atoms with Crippen molar-refractivity contribution in [3.8, 4) is 0 Å². The molecule has 2 unspecified atom stereocenters. The molecule has 3 rings (SSSR count). The van der Waals surface area contributed by atoms with Crippen LogP contribution in [0.25, 0.3) is 0 Å². The summed E-state index contributed by atoms with van der Waals surface area (Å²) in [6, 6.07) is 2.95. The fraction of sp³-hybridized carbons (Fsp3) is 0.588. The quantitative estimate of drug-likeness (QED) is 0.897. The van der Waals surface area contributed by atoms with Gasteiger partial charge in [0, 0.05) is 31.3 Å². The molecule has 0 bridgehead atoms. The molecule has 2 heterocycles. The largest absolute Gasteiger partial charge is 0.480 e. The lowest BCUT2D eigenvalue weighted by molar-refractivity contribution is -0.149. The van der Waals surface area contributed by atoms with Crippen LogP contribution in [0.15, 0.2) is 18.2 Å². The van der Waals surface area contributed by atoms with Crippen molar-refractivity contribution in [2.45, 2.75) is 25.0 Å². The molecule has 24 heavy (non-hydrogen) atoms. The fourth-order valence-corrected chi connectivity index (χ4v) is 3.78. The van der Waals surface area contributed by atoms with E-state index >= 15 is 0 Å². The van der Waals surface area contributed by atoms with Gasteiger partial charge in [0.05, 0.1) is 12.7 Å². The minimum absolute atomic E-state index is 0.0104. The zero-order valence-corrected chi connectivity index (χ0v) is 14.0. The lowest BCUT2D eigenvalue weighted by atomic mass is 9.92. The summed E-state index contributed by atoms with van der Waals surface area (Å²) in [6.45, 7) is 2.94. The maximum absolute atomic E-state index is 13.3. The molecule has 2 saturated heterocycles. The first-order valence-corrected chi connectivity index (χ1v) is 8.55. The number of nitrogens with zero attached hydrogens (tertiary/aromatic N) is 1. The average Bonchev–Trinajstić information content (AvgIpc) is 2.58. The van der Waals surface area contributed by atoms with Crippen LogP contribution in [0.5, 0.6) is 0 Å². The summed E-state index contributed by atoms with van der Waals surface area (Å²) in [5, 5.41) is 9.85. The maximum Gasteiger partial charge on any atom is 0.325 e. The van der Waals surface area contributed by atoms with Crippen LogP contribution in [0.4, 0.5) is 4.39 Å². The highest BCUT2D eigenvalue weighted by atomic mass is 35.5. The van der Waals surface area contributed by atoms with Crippen LogP contribution in [-0.2, 0) is 14.3 Å². The van der Waals surface area contributed by atoms with Crippen LogP contribution in [0, 0.1) is 11.7 Å². The third kappa shape index (κ3) is 3.88.